The highest BCUT2D eigenvalue weighted by Crippen LogP contribution is 2.16. The molecule has 1 aromatic rings. The first-order chi connectivity index (χ1) is 7.54. The molecule has 3 N–H and O–H groups in total. The molecule has 0 aromatic carbocycles. The molecule has 1 aromatic heterocycles. The van der Waals surface area contributed by atoms with Crippen LogP contribution in [0.15, 0.2) is 12.1 Å². The number of anilines is 1. The summed E-state index contributed by atoms with van der Waals surface area (Å²) in [6.45, 7) is 4.16. The van der Waals surface area contributed by atoms with Gasteiger partial charge in [0.15, 0.2) is 0 Å². The van der Waals surface area contributed by atoms with Crippen LogP contribution in [-0.2, 0) is 4.79 Å². The van der Waals surface area contributed by atoms with Crippen LogP contribution < -0.4 is 11.1 Å². The van der Waals surface area contributed by atoms with Crippen molar-refractivity contribution >= 4 is 23.2 Å². The lowest BCUT2D eigenvalue weighted by molar-refractivity contribution is -0.119. The quantitative estimate of drug-likeness (QED) is 0.792. The average Bonchev–Trinajstić information content (AvgIpc) is 2.22. The minimum Gasteiger partial charge on any atom is -0.330 e. The van der Waals surface area contributed by atoms with Gasteiger partial charge >= 0.3 is 0 Å². The number of nitrogens with two attached hydrogens (primary N) is 1. The SMILES string of the molecule is Cc1nc(Cl)ccc1NC(=O)C(C)CCN. The second-order valence-electron chi connectivity index (χ2n) is 3.73. The van der Waals surface area contributed by atoms with Crippen LogP contribution in [0.4, 0.5) is 5.69 Å². The maximum atomic E-state index is 11.7. The van der Waals surface area contributed by atoms with Crippen molar-refractivity contribution in [1.82, 2.24) is 4.98 Å². The standard InChI is InChI=1S/C11H16ClN3O/c1-7(5-6-13)11(16)15-9-3-4-10(12)14-8(9)2/h3-4,7H,5-6,13H2,1-2H3,(H,15,16). The van der Waals surface area contributed by atoms with E-state index in [0.29, 0.717) is 29.5 Å². The van der Waals surface area contributed by atoms with Crippen molar-refractivity contribution in [2.45, 2.75) is 20.3 Å². The molecule has 0 fully saturated rings. The van der Waals surface area contributed by atoms with Gasteiger partial charge in [0.1, 0.15) is 5.15 Å². The van der Waals surface area contributed by atoms with Crippen LogP contribution in [0.1, 0.15) is 19.0 Å². The summed E-state index contributed by atoms with van der Waals surface area (Å²) < 4.78 is 0. The van der Waals surface area contributed by atoms with E-state index in [9.17, 15) is 4.79 Å². The van der Waals surface area contributed by atoms with E-state index < -0.39 is 0 Å². The molecule has 1 amide bonds. The molecule has 1 heterocycles. The van der Waals surface area contributed by atoms with Gasteiger partial charge in [-0.2, -0.15) is 0 Å². The first kappa shape index (κ1) is 12.9. The first-order valence-corrected chi connectivity index (χ1v) is 5.56. The van der Waals surface area contributed by atoms with E-state index >= 15 is 0 Å². The van der Waals surface area contributed by atoms with Crippen molar-refractivity contribution in [3.05, 3.63) is 23.0 Å². The van der Waals surface area contributed by atoms with Crippen LogP contribution in [0.3, 0.4) is 0 Å². The summed E-state index contributed by atoms with van der Waals surface area (Å²) in [6.07, 6.45) is 0.673. The molecule has 16 heavy (non-hydrogen) atoms. The molecule has 0 aliphatic carbocycles. The molecule has 1 unspecified atom stereocenters. The van der Waals surface area contributed by atoms with Crippen molar-refractivity contribution in [2.24, 2.45) is 11.7 Å². The van der Waals surface area contributed by atoms with E-state index in [1.54, 1.807) is 19.1 Å². The van der Waals surface area contributed by atoms with Gasteiger partial charge in [0.25, 0.3) is 0 Å². The summed E-state index contributed by atoms with van der Waals surface area (Å²) in [6, 6.07) is 3.40. The number of aryl methyl sites for hydroxylation is 1. The minimum absolute atomic E-state index is 0.0438. The molecule has 1 atom stereocenters. The average molecular weight is 242 g/mol. The second-order valence-corrected chi connectivity index (χ2v) is 4.12. The fourth-order valence-corrected chi connectivity index (χ4v) is 1.49. The van der Waals surface area contributed by atoms with Gasteiger partial charge in [-0.1, -0.05) is 18.5 Å². The zero-order chi connectivity index (χ0) is 12.1. The molecule has 0 aliphatic heterocycles. The number of amides is 1. The van der Waals surface area contributed by atoms with Gasteiger partial charge in [0, 0.05) is 5.92 Å². The molecular weight excluding hydrogens is 226 g/mol. The van der Waals surface area contributed by atoms with Crippen molar-refractivity contribution in [3.63, 3.8) is 0 Å². The summed E-state index contributed by atoms with van der Waals surface area (Å²) in [5, 5.41) is 3.23. The third kappa shape index (κ3) is 3.47. The number of carbonyl (C=O) groups is 1. The van der Waals surface area contributed by atoms with Crippen LogP contribution in [-0.4, -0.2) is 17.4 Å². The Morgan fingerprint density at radius 1 is 1.62 bits per heavy atom. The minimum atomic E-state index is -0.0971. The fourth-order valence-electron chi connectivity index (χ4n) is 1.30. The van der Waals surface area contributed by atoms with Gasteiger partial charge in [-0.25, -0.2) is 4.98 Å². The van der Waals surface area contributed by atoms with Crippen molar-refractivity contribution in [2.75, 3.05) is 11.9 Å². The van der Waals surface area contributed by atoms with Crippen LogP contribution >= 0.6 is 11.6 Å². The summed E-state index contributed by atoms with van der Waals surface area (Å²) in [4.78, 5) is 15.8. The largest absolute Gasteiger partial charge is 0.330 e. The van der Waals surface area contributed by atoms with E-state index in [1.807, 2.05) is 6.92 Å². The highest BCUT2D eigenvalue weighted by atomic mass is 35.5. The van der Waals surface area contributed by atoms with Gasteiger partial charge in [-0.05, 0) is 32.0 Å². The summed E-state index contributed by atoms with van der Waals surface area (Å²) in [7, 11) is 0. The van der Waals surface area contributed by atoms with Crippen molar-refractivity contribution in [1.29, 1.82) is 0 Å². The van der Waals surface area contributed by atoms with E-state index in [2.05, 4.69) is 10.3 Å². The molecule has 1 rings (SSSR count). The number of rotatable bonds is 4. The van der Waals surface area contributed by atoms with E-state index in [4.69, 9.17) is 17.3 Å². The predicted molar refractivity (Wildman–Crippen MR) is 65.4 cm³/mol. The van der Waals surface area contributed by atoms with Crippen molar-refractivity contribution < 1.29 is 4.79 Å². The molecule has 0 radical (unpaired) electrons. The van der Waals surface area contributed by atoms with Gasteiger partial charge in [0.2, 0.25) is 5.91 Å². The summed E-state index contributed by atoms with van der Waals surface area (Å²) in [5.74, 6) is -0.141. The number of hydrogen-bond acceptors (Lipinski definition) is 3. The Hall–Kier alpha value is -1.13. The normalized spacial score (nSPS) is 12.2. The van der Waals surface area contributed by atoms with Crippen LogP contribution in [0, 0.1) is 12.8 Å². The number of nitrogens with zero attached hydrogens (tertiary/aromatic N) is 1. The van der Waals surface area contributed by atoms with Crippen LogP contribution in [0.5, 0.6) is 0 Å². The lowest BCUT2D eigenvalue weighted by Crippen LogP contribution is -2.23. The summed E-state index contributed by atoms with van der Waals surface area (Å²) >= 11 is 5.73. The number of aromatic nitrogens is 1. The Morgan fingerprint density at radius 3 is 2.88 bits per heavy atom. The van der Waals surface area contributed by atoms with Gasteiger partial charge in [-0.3, -0.25) is 4.79 Å². The van der Waals surface area contributed by atoms with E-state index in [1.165, 1.54) is 0 Å². The van der Waals surface area contributed by atoms with E-state index in [-0.39, 0.29) is 11.8 Å². The zero-order valence-electron chi connectivity index (χ0n) is 9.46. The molecule has 0 saturated carbocycles. The van der Waals surface area contributed by atoms with Crippen molar-refractivity contribution in [3.8, 4) is 0 Å². The van der Waals surface area contributed by atoms with Gasteiger partial charge < -0.3 is 11.1 Å². The topological polar surface area (TPSA) is 68.0 Å². The second kappa shape index (κ2) is 5.82. The number of halogens is 1. The van der Waals surface area contributed by atoms with Crippen LogP contribution in [0.2, 0.25) is 5.15 Å². The Kier molecular flexibility index (Phi) is 4.71. The molecule has 0 spiro atoms. The smallest absolute Gasteiger partial charge is 0.227 e. The number of carbonyl (C=O) groups excluding carboxylic acids is 1. The van der Waals surface area contributed by atoms with Gasteiger partial charge in [-0.15, -0.1) is 0 Å². The summed E-state index contributed by atoms with van der Waals surface area (Å²) in [5.41, 5.74) is 6.80. The van der Waals surface area contributed by atoms with Crippen LogP contribution in [0.25, 0.3) is 0 Å². The number of hydrogen-bond donors (Lipinski definition) is 2. The molecule has 0 aliphatic rings. The number of nitrogens with one attached hydrogen (secondary N) is 1. The molecule has 0 saturated heterocycles. The molecule has 5 heteroatoms. The lowest BCUT2D eigenvalue weighted by Gasteiger charge is -2.12. The Morgan fingerprint density at radius 2 is 2.31 bits per heavy atom. The Balaban J connectivity index is 2.69. The molecule has 4 nitrogen and oxygen atoms in total. The fraction of sp³-hybridized carbons (Fsp3) is 0.455. The zero-order valence-corrected chi connectivity index (χ0v) is 10.2. The number of pyridine rings is 1. The monoisotopic (exact) mass is 241 g/mol. The molecule has 88 valence electrons. The van der Waals surface area contributed by atoms with E-state index in [0.717, 1.165) is 0 Å². The Bertz CT molecular complexity index is 381. The maximum absolute atomic E-state index is 11.7. The lowest BCUT2D eigenvalue weighted by atomic mass is 10.1. The third-order valence-electron chi connectivity index (χ3n) is 2.36. The predicted octanol–water partition coefficient (Wildman–Crippen LogP) is 1.97. The van der Waals surface area contributed by atoms with Gasteiger partial charge in [0.05, 0.1) is 11.4 Å². The highest BCUT2D eigenvalue weighted by molar-refractivity contribution is 6.29. The molecule has 0 bridgehead atoms. The highest BCUT2D eigenvalue weighted by Gasteiger charge is 2.13. The maximum Gasteiger partial charge on any atom is 0.227 e. The third-order valence-corrected chi connectivity index (χ3v) is 2.57. The molecular formula is C11H16ClN3O. The Labute approximate surface area is 100 Å². The first-order valence-electron chi connectivity index (χ1n) is 5.18.